The Morgan fingerprint density at radius 1 is 0.825 bits per heavy atom. The standard InChI is InChI=1S/C32H30F3NO4/c1-22(24-12-7-4-8-13-24)36(21-23-10-5-3-6-11-23)30(20-31(37)38)27-16-26(18-29(19-27)39-2)25-14-9-15-28(17-25)40-32(33,34)35/h3-19,22,30H,20-21H2,1-2H3,(H,37,38)/t22-,30+/m1/s1. The first-order valence-electron chi connectivity index (χ1n) is 12.7. The van der Waals surface area contributed by atoms with Gasteiger partial charge in [0, 0.05) is 18.6 Å². The minimum atomic E-state index is -4.82. The van der Waals surface area contributed by atoms with Gasteiger partial charge in [0.15, 0.2) is 0 Å². The predicted octanol–water partition coefficient (Wildman–Crippen LogP) is 8.04. The molecule has 0 fully saturated rings. The Morgan fingerprint density at radius 2 is 1.48 bits per heavy atom. The number of hydrogen-bond acceptors (Lipinski definition) is 4. The first kappa shape index (κ1) is 28.7. The lowest BCUT2D eigenvalue weighted by atomic mass is 9.93. The quantitative estimate of drug-likeness (QED) is 0.205. The first-order chi connectivity index (χ1) is 19.1. The summed E-state index contributed by atoms with van der Waals surface area (Å²) in [6.45, 7) is 2.50. The Kier molecular flexibility index (Phi) is 9.11. The van der Waals surface area contributed by atoms with Crippen LogP contribution in [0.4, 0.5) is 13.2 Å². The molecule has 0 aliphatic rings. The van der Waals surface area contributed by atoms with Crippen molar-refractivity contribution in [3.63, 3.8) is 0 Å². The number of ether oxygens (including phenoxy) is 2. The number of hydrogen-bond donors (Lipinski definition) is 1. The van der Waals surface area contributed by atoms with Gasteiger partial charge in [-0.05, 0) is 65.1 Å². The van der Waals surface area contributed by atoms with Gasteiger partial charge in [0.1, 0.15) is 11.5 Å². The molecule has 4 aromatic carbocycles. The minimum absolute atomic E-state index is 0.163. The number of carboxylic acids is 1. The van der Waals surface area contributed by atoms with Gasteiger partial charge in [0.25, 0.3) is 0 Å². The number of aliphatic carboxylic acids is 1. The number of alkyl halides is 3. The summed E-state index contributed by atoms with van der Waals surface area (Å²) >= 11 is 0. The van der Waals surface area contributed by atoms with Gasteiger partial charge in [-0.2, -0.15) is 0 Å². The molecular formula is C32H30F3NO4. The van der Waals surface area contributed by atoms with E-state index in [2.05, 4.69) is 9.64 Å². The summed E-state index contributed by atoms with van der Waals surface area (Å²) < 4.78 is 48.3. The lowest BCUT2D eigenvalue weighted by molar-refractivity contribution is -0.274. The molecule has 4 aromatic rings. The van der Waals surface area contributed by atoms with Crippen molar-refractivity contribution in [2.24, 2.45) is 0 Å². The Balaban J connectivity index is 1.82. The Hall–Kier alpha value is -4.30. The number of benzene rings is 4. The summed E-state index contributed by atoms with van der Waals surface area (Å²) in [5.41, 5.74) is 3.75. The van der Waals surface area contributed by atoms with Crippen LogP contribution in [0, 0.1) is 0 Å². The van der Waals surface area contributed by atoms with E-state index in [1.165, 1.54) is 25.3 Å². The van der Waals surface area contributed by atoms with Gasteiger partial charge < -0.3 is 14.6 Å². The highest BCUT2D eigenvalue weighted by Gasteiger charge is 2.32. The highest BCUT2D eigenvalue weighted by atomic mass is 19.4. The van der Waals surface area contributed by atoms with E-state index in [0.29, 0.717) is 29.0 Å². The van der Waals surface area contributed by atoms with Crippen LogP contribution in [0.3, 0.4) is 0 Å². The summed E-state index contributed by atoms with van der Waals surface area (Å²) in [5, 5.41) is 9.99. The van der Waals surface area contributed by atoms with Gasteiger partial charge in [-0.25, -0.2) is 0 Å². The molecule has 4 rings (SSSR count). The van der Waals surface area contributed by atoms with Crippen molar-refractivity contribution in [3.8, 4) is 22.6 Å². The lowest BCUT2D eigenvalue weighted by Gasteiger charge is -2.37. The van der Waals surface area contributed by atoms with Crippen LogP contribution in [0.15, 0.2) is 103 Å². The lowest BCUT2D eigenvalue weighted by Crippen LogP contribution is -2.32. The first-order valence-corrected chi connectivity index (χ1v) is 12.7. The van der Waals surface area contributed by atoms with E-state index in [4.69, 9.17) is 4.74 Å². The summed E-state index contributed by atoms with van der Waals surface area (Å²) in [6, 6.07) is 29.8. The van der Waals surface area contributed by atoms with Crippen molar-refractivity contribution in [1.82, 2.24) is 4.90 Å². The molecule has 0 bridgehead atoms. The van der Waals surface area contributed by atoms with Gasteiger partial charge in [-0.3, -0.25) is 9.69 Å². The molecule has 0 radical (unpaired) electrons. The number of methoxy groups -OCH3 is 1. The largest absolute Gasteiger partial charge is 0.573 e. The molecule has 8 heteroatoms. The van der Waals surface area contributed by atoms with Crippen LogP contribution in [0.2, 0.25) is 0 Å². The maximum atomic E-state index is 12.9. The fourth-order valence-electron chi connectivity index (χ4n) is 4.80. The van der Waals surface area contributed by atoms with E-state index in [1.807, 2.05) is 67.6 Å². The van der Waals surface area contributed by atoms with Crippen LogP contribution in [0.1, 0.15) is 42.1 Å². The average Bonchev–Trinajstić information content (AvgIpc) is 2.94. The maximum Gasteiger partial charge on any atom is 0.573 e. The third-order valence-electron chi connectivity index (χ3n) is 6.71. The van der Waals surface area contributed by atoms with Crippen LogP contribution in [-0.2, 0) is 11.3 Å². The average molecular weight is 550 g/mol. The van der Waals surface area contributed by atoms with Crippen LogP contribution in [-0.4, -0.2) is 29.4 Å². The fraction of sp³-hybridized carbons (Fsp3) is 0.219. The Bertz CT molecular complexity index is 1410. The SMILES string of the molecule is COc1cc(-c2cccc(OC(F)(F)F)c2)cc([C@H](CC(=O)O)N(Cc2ccccc2)[C@H](C)c2ccccc2)c1. The van der Waals surface area contributed by atoms with Crippen LogP contribution in [0.5, 0.6) is 11.5 Å². The number of rotatable bonds is 11. The summed E-state index contributed by atoms with van der Waals surface area (Å²) in [5.74, 6) is -0.870. The highest BCUT2D eigenvalue weighted by molar-refractivity contribution is 5.70. The van der Waals surface area contributed by atoms with Gasteiger partial charge >= 0.3 is 12.3 Å². The molecule has 5 nitrogen and oxygen atoms in total. The summed E-state index contributed by atoms with van der Waals surface area (Å²) in [4.78, 5) is 14.3. The van der Waals surface area contributed by atoms with E-state index >= 15 is 0 Å². The molecule has 0 saturated carbocycles. The second kappa shape index (κ2) is 12.7. The van der Waals surface area contributed by atoms with Crippen molar-refractivity contribution in [2.45, 2.75) is 38.3 Å². The van der Waals surface area contributed by atoms with Gasteiger partial charge in [0.05, 0.1) is 13.5 Å². The molecular weight excluding hydrogens is 519 g/mol. The second-order valence-electron chi connectivity index (χ2n) is 9.43. The van der Waals surface area contributed by atoms with E-state index in [9.17, 15) is 23.1 Å². The zero-order valence-corrected chi connectivity index (χ0v) is 22.1. The number of halogens is 3. The molecule has 1 N–H and O–H groups in total. The molecule has 208 valence electrons. The van der Waals surface area contributed by atoms with Gasteiger partial charge in [-0.15, -0.1) is 13.2 Å². The van der Waals surface area contributed by atoms with E-state index in [-0.39, 0.29) is 18.2 Å². The van der Waals surface area contributed by atoms with Crippen molar-refractivity contribution in [1.29, 1.82) is 0 Å². The van der Waals surface area contributed by atoms with E-state index in [1.54, 1.807) is 24.3 Å². The van der Waals surface area contributed by atoms with Crippen molar-refractivity contribution in [3.05, 3.63) is 120 Å². The molecule has 0 unspecified atom stereocenters. The number of carboxylic acid groups (broad SMARTS) is 1. The molecule has 0 aliphatic heterocycles. The Labute approximate surface area is 231 Å². The summed E-state index contributed by atoms with van der Waals surface area (Å²) in [7, 11) is 1.49. The maximum absolute atomic E-state index is 12.9. The van der Waals surface area contributed by atoms with Crippen molar-refractivity contribution in [2.75, 3.05) is 7.11 Å². The highest BCUT2D eigenvalue weighted by Crippen LogP contribution is 2.39. The normalized spacial score (nSPS) is 13.1. The molecule has 0 amide bonds. The van der Waals surface area contributed by atoms with E-state index in [0.717, 1.165) is 11.1 Å². The van der Waals surface area contributed by atoms with Crippen LogP contribution < -0.4 is 9.47 Å². The summed E-state index contributed by atoms with van der Waals surface area (Å²) in [6.07, 6.45) is -5.02. The van der Waals surface area contributed by atoms with Crippen molar-refractivity contribution >= 4 is 5.97 Å². The van der Waals surface area contributed by atoms with Crippen LogP contribution >= 0.6 is 0 Å². The van der Waals surface area contributed by atoms with Crippen LogP contribution in [0.25, 0.3) is 11.1 Å². The third kappa shape index (κ3) is 7.64. The topological polar surface area (TPSA) is 59.0 Å². The monoisotopic (exact) mass is 549 g/mol. The zero-order valence-electron chi connectivity index (χ0n) is 22.1. The molecule has 0 aromatic heterocycles. The van der Waals surface area contributed by atoms with Gasteiger partial charge in [-0.1, -0.05) is 72.8 Å². The fourth-order valence-corrected chi connectivity index (χ4v) is 4.80. The number of carbonyl (C=O) groups is 1. The minimum Gasteiger partial charge on any atom is -0.497 e. The van der Waals surface area contributed by atoms with Crippen molar-refractivity contribution < 1.29 is 32.5 Å². The molecule has 0 spiro atoms. The smallest absolute Gasteiger partial charge is 0.497 e. The second-order valence-corrected chi connectivity index (χ2v) is 9.43. The molecule has 2 atom stereocenters. The number of nitrogens with zero attached hydrogens (tertiary/aromatic N) is 1. The molecule has 40 heavy (non-hydrogen) atoms. The zero-order chi connectivity index (χ0) is 28.7. The molecule has 0 aliphatic carbocycles. The van der Waals surface area contributed by atoms with E-state index < -0.39 is 18.4 Å². The van der Waals surface area contributed by atoms with Gasteiger partial charge in [0.2, 0.25) is 0 Å². The molecule has 0 heterocycles. The predicted molar refractivity (Wildman–Crippen MR) is 147 cm³/mol. The Morgan fingerprint density at radius 3 is 2.10 bits per heavy atom. The molecule has 0 saturated heterocycles. The third-order valence-corrected chi connectivity index (χ3v) is 6.71.